The molecule has 6 heteroatoms. The lowest BCUT2D eigenvalue weighted by Crippen LogP contribution is -2.50. The molecule has 16 heavy (non-hydrogen) atoms. The van der Waals surface area contributed by atoms with Crippen LogP contribution in [0.2, 0.25) is 0 Å². The molecule has 0 aliphatic heterocycles. The summed E-state index contributed by atoms with van der Waals surface area (Å²) in [5, 5.41) is 17.9. The quantitative estimate of drug-likeness (QED) is 0.769. The van der Waals surface area contributed by atoms with Crippen molar-refractivity contribution in [3.05, 3.63) is 11.1 Å². The maximum absolute atomic E-state index is 12.4. The van der Waals surface area contributed by atoms with E-state index >= 15 is 0 Å². The normalized spacial score (nSPS) is 25.0. The molecule has 2 rings (SSSR count). The van der Waals surface area contributed by atoms with Gasteiger partial charge in [-0.05, 0) is 30.3 Å². The van der Waals surface area contributed by atoms with Gasteiger partial charge < -0.3 is 10.2 Å². The molecule has 1 unspecified atom stereocenters. The Morgan fingerprint density at radius 2 is 1.94 bits per heavy atom. The minimum atomic E-state index is -4.78. The van der Waals surface area contributed by atoms with E-state index in [1.165, 1.54) is 0 Å². The van der Waals surface area contributed by atoms with Gasteiger partial charge in [0.15, 0.2) is 6.10 Å². The zero-order chi connectivity index (χ0) is 12.1. The van der Waals surface area contributed by atoms with Crippen LogP contribution >= 0.6 is 0 Å². The largest absolute Gasteiger partial charge is 0.478 e. The van der Waals surface area contributed by atoms with E-state index in [1.807, 2.05) is 0 Å². The SMILES string of the molecule is O=C(O)C1=C(C(O)C(F)(F)F)C2(CCC2)C1. The fourth-order valence-corrected chi connectivity index (χ4v) is 2.60. The van der Waals surface area contributed by atoms with Gasteiger partial charge in [-0.1, -0.05) is 6.42 Å². The molecule has 0 aromatic rings. The summed E-state index contributed by atoms with van der Waals surface area (Å²) in [5.74, 6) is -1.35. The van der Waals surface area contributed by atoms with Gasteiger partial charge in [0.2, 0.25) is 0 Å². The van der Waals surface area contributed by atoms with E-state index in [9.17, 15) is 23.1 Å². The summed E-state index contributed by atoms with van der Waals surface area (Å²) in [4.78, 5) is 10.7. The first-order chi connectivity index (χ1) is 7.28. The molecule has 1 spiro atoms. The topological polar surface area (TPSA) is 57.5 Å². The van der Waals surface area contributed by atoms with Crippen LogP contribution in [0.5, 0.6) is 0 Å². The number of carboxylic acids is 1. The monoisotopic (exact) mass is 236 g/mol. The van der Waals surface area contributed by atoms with Crippen LogP contribution in [0.3, 0.4) is 0 Å². The highest BCUT2D eigenvalue weighted by Gasteiger charge is 2.58. The minimum Gasteiger partial charge on any atom is -0.478 e. The molecule has 1 atom stereocenters. The Balaban J connectivity index is 2.34. The Kier molecular flexibility index (Phi) is 2.31. The van der Waals surface area contributed by atoms with Crippen molar-refractivity contribution in [3.63, 3.8) is 0 Å². The van der Waals surface area contributed by atoms with Crippen molar-refractivity contribution in [1.29, 1.82) is 0 Å². The Morgan fingerprint density at radius 1 is 1.38 bits per heavy atom. The van der Waals surface area contributed by atoms with E-state index < -0.39 is 23.7 Å². The van der Waals surface area contributed by atoms with E-state index in [0.717, 1.165) is 6.42 Å². The molecule has 2 aliphatic carbocycles. The third-order valence-electron chi connectivity index (χ3n) is 3.56. The molecule has 0 saturated heterocycles. The fourth-order valence-electron chi connectivity index (χ4n) is 2.60. The Bertz CT molecular complexity index is 366. The van der Waals surface area contributed by atoms with E-state index in [1.54, 1.807) is 0 Å². The second-order valence-corrected chi connectivity index (χ2v) is 4.45. The van der Waals surface area contributed by atoms with Crippen LogP contribution in [-0.2, 0) is 4.79 Å². The molecular weight excluding hydrogens is 225 g/mol. The number of halogens is 3. The second-order valence-electron chi connectivity index (χ2n) is 4.45. The number of aliphatic carboxylic acids is 1. The number of carbonyl (C=O) groups is 1. The highest BCUT2D eigenvalue weighted by molar-refractivity contribution is 5.90. The predicted molar refractivity (Wildman–Crippen MR) is 47.6 cm³/mol. The number of rotatable bonds is 2. The van der Waals surface area contributed by atoms with E-state index in [4.69, 9.17) is 5.11 Å². The molecule has 0 bridgehead atoms. The predicted octanol–water partition coefficient (Wildman–Crippen LogP) is 1.86. The highest BCUT2D eigenvalue weighted by atomic mass is 19.4. The first-order valence-corrected chi connectivity index (χ1v) is 4.99. The molecular formula is C10H11F3O3. The molecule has 3 nitrogen and oxygen atoms in total. The average Bonchev–Trinajstić information content (AvgIpc) is 1.96. The summed E-state index contributed by atoms with van der Waals surface area (Å²) in [6.07, 6.45) is -5.35. The molecule has 0 aromatic carbocycles. The maximum atomic E-state index is 12.4. The fraction of sp³-hybridized carbons (Fsp3) is 0.700. The summed E-state index contributed by atoms with van der Waals surface area (Å²) in [7, 11) is 0. The van der Waals surface area contributed by atoms with Crippen LogP contribution in [-0.4, -0.2) is 28.5 Å². The van der Waals surface area contributed by atoms with Crippen molar-refractivity contribution < 1.29 is 28.2 Å². The Labute approximate surface area is 89.6 Å². The number of aliphatic hydroxyl groups is 1. The summed E-state index contributed by atoms with van der Waals surface area (Å²) in [6.45, 7) is 0. The molecule has 1 saturated carbocycles. The zero-order valence-corrected chi connectivity index (χ0v) is 8.34. The highest BCUT2D eigenvalue weighted by Crippen LogP contribution is 2.61. The van der Waals surface area contributed by atoms with Gasteiger partial charge in [-0.15, -0.1) is 0 Å². The van der Waals surface area contributed by atoms with Gasteiger partial charge in [-0.3, -0.25) is 0 Å². The van der Waals surface area contributed by atoms with Crippen molar-refractivity contribution in [1.82, 2.24) is 0 Å². The van der Waals surface area contributed by atoms with Gasteiger partial charge in [0.05, 0.1) is 0 Å². The lowest BCUT2D eigenvalue weighted by Gasteiger charge is -2.53. The molecule has 2 N–H and O–H groups in total. The van der Waals surface area contributed by atoms with Crippen molar-refractivity contribution in [3.8, 4) is 0 Å². The third kappa shape index (κ3) is 1.43. The molecule has 90 valence electrons. The maximum Gasteiger partial charge on any atom is 0.418 e. The third-order valence-corrected chi connectivity index (χ3v) is 3.56. The van der Waals surface area contributed by atoms with Gasteiger partial charge in [0.1, 0.15) is 0 Å². The lowest BCUT2D eigenvalue weighted by molar-refractivity contribution is -0.200. The standard InChI is InChI=1S/C10H11F3O3/c11-10(12,13)7(14)6-5(8(15)16)4-9(6)2-1-3-9/h7,14H,1-4H2,(H,15,16). The number of hydrogen-bond donors (Lipinski definition) is 2. The first kappa shape index (κ1) is 11.4. The lowest BCUT2D eigenvalue weighted by atomic mass is 9.51. The van der Waals surface area contributed by atoms with Crippen molar-refractivity contribution in [2.24, 2.45) is 5.41 Å². The van der Waals surface area contributed by atoms with E-state index in [2.05, 4.69) is 0 Å². The summed E-state index contributed by atoms with van der Waals surface area (Å²) in [6, 6.07) is 0. The van der Waals surface area contributed by atoms with Crippen LogP contribution in [0.1, 0.15) is 25.7 Å². The Hall–Kier alpha value is -1.04. The number of aliphatic hydroxyl groups excluding tert-OH is 1. The average molecular weight is 236 g/mol. The molecule has 0 aromatic heterocycles. The molecule has 0 radical (unpaired) electrons. The van der Waals surface area contributed by atoms with E-state index in [0.29, 0.717) is 12.8 Å². The van der Waals surface area contributed by atoms with Crippen molar-refractivity contribution >= 4 is 5.97 Å². The zero-order valence-electron chi connectivity index (χ0n) is 8.34. The molecule has 1 fully saturated rings. The summed E-state index contributed by atoms with van der Waals surface area (Å²) in [5.41, 5.74) is -1.24. The van der Waals surface area contributed by atoms with Crippen LogP contribution in [0.4, 0.5) is 13.2 Å². The van der Waals surface area contributed by atoms with Gasteiger partial charge in [0.25, 0.3) is 0 Å². The van der Waals surface area contributed by atoms with Crippen LogP contribution in [0.25, 0.3) is 0 Å². The number of carboxylic acid groups (broad SMARTS) is 1. The minimum absolute atomic E-state index is 0.158. The second kappa shape index (κ2) is 3.23. The van der Waals surface area contributed by atoms with Crippen molar-refractivity contribution in [2.45, 2.75) is 38.0 Å². The van der Waals surface area contributed by atoms with Crippen LogP contribution in [0.15, 0.2) is 11.1 Å². The van der Waals surface area contributed by atoms with Crippen molar-refractivity contribution in [2.75, 3.05) is 0 Å². The summed E-state index contributed by atoms with van der Waals surface area (Å²) >= 11 is 0. The Morgan fingerprint density at radius 3 is 2.25 bits per heavy atom. The molecule has 0 heterocycles. The first-order valence-electron chi connectivity index (χ1n) is 4.99. The van der Waals surface area contributed by atoms with E-state index in [-0.39, 0.29) is 17.6 Å². The van der Waals surface area contributed by atoms with Crippen LogP contribution in [0, 0.1) is 5.41 Å². The van der Waals surface area contributed by atoms with Gasteiger partial charge >= 0.3 is 12.1 Å². The molecule has 0 amide bonds. The molecule has 2 aliphatic rings. The smallest absolute Gasteiger partial charge is 0.418 e. The van der Waals surface area contributed by atoms with Gasteiger partial charge in [-0.2, -0.15) is 13.2 Å². The summed E-state index contributed by atoms with van der Waals surface area (Å²) < 4.78 is 37.2. The number of alkyl halides is 3. The van der Waals surface area contributed by atoms with Gasteiger partial charge in [0, 0.05) is 5.57 Å². The van der Waals surface area contributed by atoms with Gasteiger partial charge in [-0.25, -0.2) is 4.79 Å². The number of hydrogen-bond acceptors (Lipinski definition) is 2. The van der Waals surface area contributed by atoms with Crippen LogP contribution < -0.4 is 0 Å².